The first kappa shape index (κ1) is 16.0. The molecule has 0 bridgehead atoms. The number of likely N-dealkylation sites (N-methyl/N-ethyl adjacent to an activating group) is 1. The lowest BCUT2D eigenvalue weighted by Crippen LogP contribution is -2.34. The summed E-state index contributed by atoms with van der Waals surface area (Å²) in [5.41, 5.74) is 1.89. The Bertz CT molecular complexity index is 813. The smallest absolute Gasteiger partial charge is 0.260 e. The Morgan fingerprint density at radius 2 is 1.83 bits per heavy atom. The highest BCUT2D eigenvalue weighted by Crippen LogP contribution is 2.22. The number of carbonyl (C=O) groups is 1. The van der Waals surface area contributed by atoms with Crippen LogP contribution in [0.2, 0.25) is 0 Å². The summed E-state index contributed by atoms with van der Waals surface area (Å²) in [5, 5.41) is 0.999. The number of amides is 1. The average Bonchev–Trinajstić information content (AvgIpc) is 2.65. The van der Waals surface area contributed by atoms with Crippen molar-refractivity contribution in [2.45, 2.75) is 13.5 Å². The Labute approximate surface area is 141 Å². The van der Waals surface area contributed by atoms with Gasteiger partial charge < -0.3 is 9.64 Å². The molecule has 0 unspecified atom stereocenters. The average molecular weight is 320 g/mol. The molecule has 24 heavy (non-hydrogen) atoms. The van der Waals surface area contributed by atoms with Gasteiger partial charge in [0.15, 0.2) is 6.61 Å². The Kier molecular flexibility index (Phi) is 5.06. The van der Waals surface area contributed by atoms with Crippen molar-refractivity contribution >= 4 is 16.8 Å². The zero-order valence-corrected chi connectivity index (χ0v) is 13.7. The minimum absolute atomic E-state index is 0.0103. The third-order valence-electron chi connectivity index (χ3n) is 3.90. The summed E-state index contributed by atoms with van der Waals surface area (Å²) >= 11 is 0. The van der Waals surface area contributed by atoms with Crippen LogP contribution in [-0.2, 0) is 11.3 Å². The highest BCUT2D eigenvalue weighted by atomic mass is 16.5. The maximum atomic E-state index is 12.5. The van der Waals surface area contributed by atoms with E-state index in [0.29, 0.717) is 18.8 Å². The molecule has 122 valence electrons. The van der Waals surface area contributed by atoms with Crippen LogP contribution in [0.1, 0.15) is 12.5 Å². The zero-order valence-electron chi connectivity index (χ0n) is 13.7. The molecular formula is C20H20N2O2. The molecule has 0 N–H and O–H groups in total. The quantitative estimate of drug-likeness (QED) is 0.696. The highest BCUT2D eigenvalue weighted by molar-refractivity contribution is 5.85. The van der Waals surface area contributed by atoms with E-state index >= 15 is 0 Å². The molecule has 4 nitrogen and oxygen atoms in total. The number of fused-ring (bicyclic) bond motifs is 1. The van der Waals surface area contributed by atoms with Crippen LogP contribution in [0, 0.1) is 0 Å². The van der Waals surface area contributed by atoms with Gasteiger partial charge in [-0.05, 0) is 24.6 Å². The second-order valence-electron chi connectivity index (χ2n) is 5.51. The molecule has 0 atom stereocenters. The van der Waals surface area contributed by atoms with Crippen molar-refractivity contribution in [3.05, 3.63) is 72.4 Å². The summed E-state index contributed by atoms with van der Waals surface area (Å²) in [4.78, 5) is 18.6. The molecule has 0 saturated carbocycles. The van der Waals surface area contributed by atoms with Gasteiger partial charge in [-0.25, -0.2) is 0 Å². The monoisotopic (exact) mass is 320 g/mol. The molecule has 0 radical (unpaired) electrons. The summed E-state index contributed by atoms with van der Waals surface area (Å²) in [6.07, 6.45) is 1.73. The van der Waals surface area contributed by atoms with Crippen LogP contribution in [-0.4, -0.2) is 28.9 Å². The van der Waals surface area contributed by atoms with Crippen molar-refractivity contribution in [3.63, 3.8) is 0 Å². The number of benzene rings is 2. The fourth-order valence-corrected chi connectivity index (χ4v) is 2.60. The van der Waals surface area contributed by atoms with E-state index in [1.54, 1.807) is 11.1 Å². The second-order valence-corrected chi connectivity index (χ2v) is 5.51. The van der Waals surface area contributed by atoms with Crippen molar-refractivity contribution in [1.29, 1.82) is 0 Å². The fraction of sp³-hybridized carbons (Fsp3) is 0.200. The van der Waals surface area contributed by atoms with Gasteiger partial charge in [0, 0.05) is 24.7 Å². The van der Waals surface area contributed by atoms with Gasteiger partial charge in [-0.15, -0.1) is 0 Å². The largest absolute Gasteiger partial charge is 0.481 e. The molecule has 2 aromatic carbocycles. The van der Waals surface area contributed by atoms with E-state index in [9.17, 15) is 4.79 Å². The summed E-state index contributed by atoms with van der Waals surface area (Å²) in [6.45, 7) is 3.22. The standard InChI is InChI=1S/C20H20N2O2/c1-2-22(14-16-8-4-3-5-9-16)19(23)15-24-18-12-6-10-17-11-7-13-21-20(17)18/h3-13H,2,14-15H2,1H3. The van der Waals surface area contributed by atoms with Gasteiger partial charge in [0.05, 0.1) is 0 Å². The number of nitrogens with zero attached hydrogens (tertiary/aromatic N) is 2. The molecule has 0 spiro atoms. The fourth-order valence-electron chi connectivity index (χ4n) is 2.60. The molecule has 0 aliphatic rings. The van der Waals surface area contributed by atoms with Crippen LogP contribution in [0.25, 0.3) is 10.9 Å². The van der Waals surface area contributed by atoms with Gasteiger partial charge in [-0.1, -0.05) is 48.5 Å². The number of hydrogen-bond acceptors (Lipinski definition) is 3. The van der Waals surface area contributed by atoms with Crippen molar-refractivity contribution in [2.75, 3.05) is 13.2 Å². The Balaban J connectivity index is 1.67. The Morgan fingerprint density at radius 3 is 2.62 bits per heavy atom. The first-order valence-corrected chi connectivity index (χ1v) is 8.06. The van der Waals surface area contributed by atoms with Crippen molar-refractivity contribution in [3.8, 4) is 5.75 Å². The third kappa shape index (κ3) is 3.71. The number of carbonyl (C=O) groups excluding carboxylic acids is 1. The molecule has 1 aromatic heterocycles. The molecule has 0 aliphatic heterocycles. The van der Waals surface area contributed by atoms with Crippen LogP contribution in [0.4, 0.5) is 0 Å². The van der Waals surface area contributed by atoms with Crippen molar-refractivity contribution in [1.82, 2.24) is 9.88 Å². The van der Waals surface area contributed by atoms with Crippen LogP contribution in [0.3, 0.4) is 0 Å². The molecule has 3 aromatic rings. The number of aromatic nitrogens is 1. The zero-order chi connectivity index (χ0) is 16.8. The highest BCUT2D eigenvalue weighted by Gasteiger charge is 2.14. The van der Waals surface area contributed by atoms with E-state index in [1.807, 2.05) is 67.6 Å². The van der Waals surface area contributed by atoms with Crippen LogP contribution >= 0.6 is 0 Å². The van der Waals surface area contributed by atoms with Gasteiger partial charge in [0.1, 0.15) is 11.3 Å². The molecule has 0 aliphatic carbocycles. The van der Waals surface area contributed by atoms with E-state index < -0.39 is 0 Å². The summed E-state index contributed by atoms with van der Waals surface area (Å²) in [5.74, 6) is 0.603. The van der Waals surface area contributed by atoms with E-state index in [0.717, 1.165) is 16.5 Å². The number of para-hydroxylation sites is 1. The third-order valence-corrected chi connectivity index (χ3v) is 3.90. The van der Waals surface area contributed by atoms with Crippen molar-refractivity contribution in [2.24, 2.45) is 0 Å². The first-order chi connectivity index (χ1) is 11.8. The van der Waals surface area contributed by atoms with E-state index in [-0.39, 0.29) is 12.5 Å². The number of hydrogen-bond donors (Lipinski definition) is 0. The van der Waals surface area contributed by atoms with Gasteiger partial charge in [0.2, 0.25) is 0 Å². The Hall–Kier alpha value is -2.88. The predicted molar refractivity (Wildman–Crippen MR) is 94.8 cm³/mol. The number of rotatable bonds is 6. The summed E-state index contributed by atoms with van der Waals surface area (Å²) < 4.78 is 5.75. The minimum Gasteiger partial charge on any atom is -0.481 e. The first-order valence-electron chi connectivity index (χ1n) is 8.06. The lowest BCUT2D eigenvalue weighted by atomic mass is 10.2. The van der Waals surface area contributed by atoms with E-state index in [1.165, 1.54) is 0 Å². The van der Waals surface area contributed by atoms with Crippen LogP contribution in [0.15, 0.2) is 66.9 Å². The molecule has 4 heteroatoms. The van der Waals surface area contributed by atoms with Gasteiger partial charge in [-0.3, -0.25) is 9.78 Å². The van der Waals surface area contributed by atoms with Crippen molar-refractivity contribution < 1.29 is 9.53 Å². The van der Waals surface area contributed by atoms with Crippen LogP contribution in [0.5, 0.6) is 5.75 Å². The van der Waals surface area contributed by atoms with Gasteiger partial charge in [-0.2, -0.15) is 0 Å². The van der Waals surface area contributed by atoms with E-state index in [4.69, 9.17) is 4.74 Å². The lowest BCUT2D eigenvalue weighted by molar-refractivity contribution is -0.133. The molecular weight excluding hydrogens is 300 g/mol. The molecule has 0 fully saturated rings. The maximum Gasteiger partial charge on any atom is 0.260 e. The molecule has 1 amide bonds. The normalized spacial score (nSPS) is 10.5. The number of pyridine rings is 1. The number of ether oxygens (including phenoxy) is 1. The predicted octanol–water partition coefficient (Wildman–Crippen LogP) is 3.66. The second kappa shape index (κ2) is 7.59. The van der Waals surface area contributed by atoms with Crippen LogP contribution < -0.4 is 4.74 Å². The summed E-state index contributed by atoms with van der Waals surface area (Å²) in [7, 11) is 0. The summed E-state index contributed by atoms with van der Waals surface area (Å²) in [6, 6.07) is 19.6. The van der Waals surface area contributed by atoms with E-state index in [2.05, 4.69) is 4.98 Å². The topological polar surface area (TPSA) is 42.4 Å². The maximum absolute atomic E-state index is 12.5. The SMILES string of the molecule is CCN(Cc1ccccc1)C(=O)COc1cccc2cccnc12. The molecule has 0 saturated heterocycles. The molecule has 3 rings (SSSR count). The van der Waals surface area contributed by atoms with Gasteiger partial charge >= 0.3 is 0 Å². The molecule has 1 heterocycles. The minimum atomic E-state index is -0.0331. The van der Waals surface area contributed by atoms with Gasteiger partial charge in [0.25, 0.3) is 5.91 Å². The lowest BCUT2D eigenvalue weighted by Gasteiger charge is -2.21. The Morgan fingerprint density at radius 1 is 1.04 bits per heavy atom.